The van der Waals surface area contributed by atoms with Crippen molar-refractivity contribution in [3.8, 4) is 0 Å². The molecule has 6 heteroatoms. The van der Waals surface area contributed by atoms with Gasteiger partial charge >= 0.3 is 0 Å². The first-order chi connectivity index (χ1) is 9.06. The lowest BCUT2D eigenvalue weighted by Crippen LogP contribution is -1.91. The van der Waals surface area contributed by atoms with Crippen LogP contribution in [0.15, 0.2) is 51.8 Å². The molecule has 0 aliphatic rings. The van der Waals surface area contributed by atoms with Crippen molar-refractivity contribution in [2.75, 3.05) is 0 Å². The van der Waals surface area contributed by atoms with Crippen LogP contribution in [0.25, 0.3) is 0 Å². The zero-order chi connectivity index (χ0) is 13.8. The van der Waals surface area contributed by atoms with E-state index in [1.807, 2.05) is 24.3 Å². The predicted octanol–water partition coefficient (Wildman–Crippen LogP) is 5.30. The minimum atomic E-state index is -0.462. The molecule has 0 heterocycles. The van der Waals surface area contributed by atoms with Crippen molar-refractivity contribution in [3.63, 3.8) is 0 Å². The first-order valence-corrected chi connectivity index (χ1v) is 7.53. The highest BCUT2D eigenvalue weighted by Crippen LogP contribution is 2.29. The molecule has 0 radical (unpaired) electrons. The van der Waals surface area contributed by atoms with E-state index in [0.29, 0.717) is 5.75 Å². The Bertz CT molecular complexity index is 604. The van der Waals surface area contributed by atoms with E-state index in [1.54, 1.807) is 23.9 Å². The summed E-state index contributed by atoms with van der Waals surface area (Å²) in [4.78, 5) is 11.4. The summed E-state index contributed by atoms with van der Waals surface area (Å²) in [5.74, 6) is 0.666. The molecule has 0 amide bonds. The molecule has 0 spiro atoms. The van der Waals surface area contributed by atoms with Crippen molar-refractivity contribution >= 4 is 45.0 Å². The second-order valence-electron chi connectivity index (χ2n) is 3.79. The Morgan fingerprint density at radius 3 is 2.53 bits per heavy atom. The summed E-state index contributed by atoms with van der Waals surface area (Å²) in [6.45, 7) is 0. The summed E-state index contributed by atoms with van der Waals surface area (Å²) in [5.41, 5.74) is 0.833. The molecule has 0 saturated carbocycles. The van der Waals surface area contributed by atoms with Gasteiger partial charge in [0.25, 0.3) is 5.69 Å². The van der Waals surface area contributed by atoms with Crippen LogP contribution in [-0.4, -0.2) is 4.92 Å². The molecule has 0 saturated heterocycles. The summed E-state index contributed by atoms with van der Waals surface area (Å²) >= 11 is 10.8. The quantitative estimate of drug-likeness (QED) is 0.423. The van der Waals surface area contributed by atoms with Gasteiger partial charge in [0.1, 0.15) is 5.02 Å². The van der Waals surface area contributed by atoms with Crippen molar-refractivity contribution in [1.82, 2.24) is 0 Å². The highest BCUT2D eigenvalue weighted by atomic mass is 79.9. The SMILES string of the molecule is O=[N+]([O-])c1cc(CSc2ccc(Br)cc2)ccc1Cl. The van der Waals surface area contributed by atoms with Crippen molar-refractivity contribution in [3.05, 3.63) is 67.6 Å². The average molecular weight is 359 g/mol. The number of benzene rings is 2. The number of rotatable bonds is 4. The second kappa shape index (κ2) is 6.41. The van der Waals surface area contributed by atoms with E-state index in [2.05, 4.69) is 15.9 Å². The van der Waals surface area contributed by atoms with Gasteiger partial charge in [-0.2, -0.15) is 0 Å². The number of nitrogens with zero attached hydrogens (tertiary/aromatic N) is 1. The van der Waals surface area contributed by atoms with Crippen LogP contribution < -0.4 is 0 Å². The third-order valence-electron chi connectivity index (χ3n) is 2.43. The maximum Gasteiger partial charge on any atom is 0.288 e. The number of nitro benzene ring substituents is 1. The molecule has 2 rings (SSSR count). The van der Waals surface area contributed by atoms with E-state index >= 15 is 0 Å². The van der Waals surface area contributed by atoms with Crippen LogP contribution in [-0.2, 0) is 5.75 Å². The molecule has 0 unspecified atom stereocenters. The van der Waals surface area contributed by atoms with Gasteiger partial charge in [-0.25, -0.2) is 0 Å². The molecule has 0 fully saturated rings. The Morgan fingerprint density at radius 1 is 1.21 bits per heavy atom. The van der Waals surface area contributed by atoms with Gasteiger partial charge in [-0.3, -0.25) is 10.1 Å². The molecule has 0 aromatic heterocycles. The van der Waals surface area contributed by atoms with Crippen LogP contribution in [0.1, 0.15) is 5.56 Å². The third-order valence-corrected chi connectivity index (χ3v) is 4.36. The highest BCUT2D eigenvalue weighted by molar-refractivity contribution is 9.10. The Hall–Kier alpha value is -1.04. The molecule has 3 nitrogen and oxygen atoms in total. The van der Waals surface area contributed by atoms with Crippen molar-refractivity contribution < 1.29 is 4.92 Å². The van der Waals surface area contributed by atoms with E-state index in [9.17, 15) is 10.1 Å². The van der Waals surface area contributed by atoms with Gasteiger partial charge in [-0.15, -0.1) is 11.8 Å². The predicted molar refractivity (Wildman–Crippen MR) is 81.8 cm³/mol. The zero-order valence-corrected chi connectivity index (χ0v) is 12.8. The summed E-state index contributed by atoms with van der Waals surface area (Å²) in [7, 11) is 0. The normalized spacial score (nSPS) is 10.4. The zero-order valence-electron chi connectivity index (χ0n) is 9.68. The van der Waals surface area contributed by atoms with Gasteiger partial charge in [0.2, 0.25) is 0 Å². The largest absolute Gasteiger partial charge is 0.288 e. The van der Waals surface area contributed by atoms with E-state index in [-0.39, 0.29) is 10.7 Å². The Morgan fingerprint density at radius 2 is 1.89 bits per heavy atom. The molecule has 0 N–H and O–H groups in total. The van der Waals surface area contributed by atoms with Crippen molar-refractivity contribution in [2.45, 2.75) is 10.6 Å². The van der Waals surface area contributed by atoms with E-state index in [4.69, 9.17) is 11.6 Å². The molecular weight excluding hydrogens is 350 g/mol. The molecule has 98 valence electrons. The third kappa shape index (κ3) is 3.96. The fourth-order valence-corrected chi connectivity index (χ4v) is 2.78. The lowest BCUT2D eigenvalue weighted by molar-refractivity contribution is -0.384. The minimum Gasteiger partial charge on any atom is -0.258 e. The van der Waals surface area contributed by atoms with Crippen LogP contribution in [0.2, 0.25) is 5.02 Å². The number of hydrogen-bond acceptors (Lipinski definition) is 3. The molecule has 0 bridgehead atoms. The van der Waals surface area contributed by atoms with Gasteiger partial charge in [0.15, 0.2) is 0 Å². The van der Waals surface area contributed by atoms with Crippen molar-refractivity contribution in [1.29, 1.82) is 0 Å². The lowest BCUT2D eigenvalue weighted by Gasteiger charge is -2.03. The van der Waals surface area contributed by atoms with Gasteiger partial charge < -0.3 is 0 Å². The molecular formula is C13H9BrClNO2S. The Kier molecular flexibility index (Phi) is 4.85. The van der Waals surface area contributed by atoms with Gasteiger partial charge in [-0.1, -0.05) is 33.6 Å². The number of nitro groups is 1. The molecule has 2 aromatic rings. The van der Waals surface area contributed by atoms with E-state index < -0.39 is 4.92 Å². The van der Waals surface area contributed by atoms with Crippen molar-refractivity contribution in [2.24, 2.45) is 0 Å². The molecule has 2 aromatic carbocycles. The standard InChI is InChI=1S/C13H9BrClNO2S/c14-10-2-4-11(5-3-10)19-8-9-1-6-12(15)13(7-9)16(17)18/h1-7H,8H2. The fraction of sp³-hybridized carbons (Fsp3) is 0.0769. The van der Waals surface area contributed by atoms with Gasteiger partial charge in [0.05, 0.1) is 4.92 Å². The van der Waals surface area contributed by atoms with E-state index in [0.717, 1.165) is 14.9 Å². The summed E-state index contributed by atoms with van der Waals surface area (Å²) in [6, 6.07) is 12.8. The smallest absolute Gasteiger partial charge is 0.258 e. The van der Waals surface area contributed by atoms with Crippen LogP contribution >= 0.6 is 39.3 Å². The van der Waals surface area contributed by atoms with Gasteiger partial charge in [0, 0.05) is 21.2 Å². The number of hydrogen-bond donors (Lipinski definition) is 0. The van der Waals surface area contributed by atoms with Crippen LogP contribution in [0.3, 0.4) is 0 Å². The average Bonchev–Trinajstić information content (AvgIpc) is 2.39. The molecule has 19 heavy (non-hydrogen) atoms. The van der Waals surface area contributed by atoms with Crippen LogP contribution in [0.4, 0.5) is 5.69 Å². The van der Waals surface area contributed by atoms with E-state index in [1.165, 1.54) is 6.07 Å². The maximum absolute atomic E-state index is 10.8. The number of halogens is 2. The maximum atomic E-state index is 10.8. The molecule has 0 aliphatic carbocycles. The van der Waals surface area contributed by atoms with Crippen LogP contribution in [0, 0.1) is 10.1 Å². The lowest BCUT2D eigenvalue weighted by atomic mass is 10.2. The number of thioether (sulfide) groups is 1. The Balaban J connectivity index is 2.09. The Labute approximate surface area is 128 Å². The first-order valence-electron chi connectivity index (χ1n) is 5.37. The summed E-state index contributed by atoms with van der Waals surface area (Å²) in [5, 5.41) is 11.0. The fourth-order valence-electron chi connectivity index (χ4n) is 1.49. The highest BCUT2D eigenvalue weighted by Gasteiger charge is 2.12. The molecule has 0 atom stereocenters. The minimum absolute atomic E-state index is 0.0458. The molecule has 0 aliphatic heterocycles. The summed E-state index contributed by atoms with van der Waals surface area (Å²) < 4.78 is 1.03. The second-order valence-corrected chi connectivity index (χ2v) is 6.16. The summed E-state index contributed by atoms with van der Waals surface area (Å²) in [6.07, 6.45) is 0. The topological polar surface area (TPSA) is 43.1 Å². The monoisotopic (exact) mass is 357 g/mol. The van der Waals surface area contributed by atoms with Gasteiger partial charge in [-0.05, 0) is 35.9 Å². The first kappa shape index (κ1) is 14.4. The van der Waals surface area contributed by atoms with Crippen LogP contribution in [0.5, 0.6) is 0 Å².